The molecule has 0 aliphatic carbocycles. The van der Waals surface area contributed by atoms with Crippen molar-refractivity contribution >= 4 is 21.6 Å². The monoisotopic (exact) mass is 292 g/mol. The Morgan fingerprint density at radius 2 is 2.06 bits per heavy atom. The summed E-state index contributed by atoms with van der Waals surface area (Å²) in [6, 6.07) is 1.14. The van der Waals surface area contributed by atoms with E-state index in [-0.39, 0.29) is 9.92 Å². The lowest BCUT2D eigenvalue weighted by Gasteiger charge is -2.25. The smallest absolute Gasteiger partial charge is 0.266 e. The second-order valence-corrected chi connectivity index (χ2v) is 6.84. The lowest BCUT2D eigenvalue weighted by Crippen LogP contribution is -2.43. The van der Waals surface area contributed by atoms with Crippen LogP contribution in [0.15, 0.2) is 22.0 Å². The fourth-order valence-electron chi connectivity index (χ4n) is 1.69. The van der Waals surface area contributed by atoms with Crippen molar-refractivity contribution < 1.29 is 8.42 Å². The Hall–Kier alpha value is -0.850. The molecule has 0 aromatic carbocycles. The highest BCUT2D eigenvalue weighted by Crippen LogP contribution is 2.17. The molecule has 0 aliphatic heterocycles. The van der Waals surface area contributed by atoms with Gasteiger partial charge in [0.25, 0.3) is 5.56 Å². The molecule has 0 spiro atoms. The van der Waals surface area contributed by atoms with Crippen molar-refractivity contribution in [1.29, 1.82) is 0 Å². The Kier molecular flexibility index (Phi) is 4.58. The van der Waals surface area contributed by atoms with Gasteiger partial charge < -0.3 is 4.98 Å². The van der Waals surface area contributed by atoms with E-state index in [1.165, 1.54) is 0 Å². The van der Waals surface area contributed by atoms with Crippen molar-refractivity contribution in [3.63, 3.8) is 0 Å². The zero-order chi connectivity index (χ0) is 14.0. The van der Waals surface area contributed by atoms with Crippen molar-refractivity contribution in [2.24, 2.45) is 0 Å². The molecular formula is C11H17ClN2O3S. The van der Waals surface area contributed by atoms with Gasteiger partial charge in [0, 0.05) is 11.7 Å². The molecule has 0 aliphatic rings. The van der Waals surface area contributed by atoms with Crippen LogP contribution in [0, 0.1) is 0 Å². The number of halogens is 1. The maximum atomic E-state index is 12.1. The fourth-order valence-corrected chi connectivity index (χ4v) is 3.36. The SMILES string of the molecule is CCCC(C)(C)NS(=O)(=O)c1c[nH]c(=O)c(Cl)c1. The summed E-state index contributed by atoms with van der Waals surface area (Å²) >= 11 is 5.62. The first-order valence-corrected chi connectivity index (χ1v) is 7.46. The lowest BCUT2D eigenvalue weighted by atomic mass is 10.0. The second kappa shape index (κ2) is 5.42. The predicted octanol–water partition coefficient (Wildman–Crippen LogP) is 1.89. The van der Waals surface area contributed by atoms with Gasteiger partial charge in [-0.1, -0.05) is 24.9 Å². The average Bonchev–Trinajstić information content (AvgIpc) is 2.20. The third-order valence-corrected chi connectivity index (χ3v) is 4.39. The number of H-pyrrole nitrogens is 1. The van der Waals surface area contributed by atoms with Crippen LogP contribution in [0.3, 0.4) is 0 Å². The highest BCUT2D eigenvalue weighted by molar-refractivity contribution is 7.89. The summed E-state index contributed by atoms with van der Waals surface area (Å²) in [4.78, 5) is 13.3. The van der Waals surface area contributed by atoms with E-state index in [1.54, 1.807) is 13.8 Å². The molecule has 7 heteroatoms. The summed E-state index contributed by atoms with van der Waals surface area (Å²) in [5.74, 6) is 0. The number of rotatable bonds is 5. The van der Waals surface area contributed by atoms with E-state index in [0.29, 0.717) is 6.42 Å². The molecule has 0 bridgehead atoms. The van der Waals surface area contributed by atoms with Gasteiger partial charge in [0.15, 0.2) is 0 Å². The van der Waals surface area contributed by atoms with Crippen molar-refractivity contribution in [2.75, 3.05) is 0 Å². The van der Waals surface area contributed by atoms with Crippen LogP contribution < -0.4 is 10.3 Å². The van der Waals surface area contributed by atoms with Gasteiger partial charge in [-0.05, 0) is 26.3 Å². The summed E-state index contributed by atoms with van der Waals surface area (Å²) in [7, 11) is -3.68. The van der Waals surface area contributed by atoms with Gasteiger partial charge in [0.2, 0.25) is 10.0 Å². The predicted molar refractivity (Wildman–Crippen MR) is 71.4 cm³/mol. The third-order valence-electron chi connectivity index (χ3n) is 2.43. The molecule has 0 saturated carbocycles. The first kappa shape index (κ1) is 15.2. The van der Waals surface area contributed by atoms with Gasteiger partial charge in [-0.15, -0.1) is 0 Å². The highest BCUT2D eigenvalue weighted by atomic mass is 35.5. The van der Waals surface area contributed by atoms with Crippen LogP contribution in [0.4, 0.5) is 0 Å². The maximum Gasteiger partial charge on any atom is 0.266 e. The lowest BCUT2D eigenvalue weighted by molar-refractivity contribution is 0.417. The standard InChI is InChI=1S/C11H17ClN2O3S/c1-4-5-11(2,3)14-18(16,17)8-6-9(12)10(15)13-7-8/h6-7,14H,4-5H2,1-3H3,(H,13,15). The Labute approximate surface area is 112 Å². The summed E-state index contributed by atoms with van der Waals surface area (Å²) in [5.41, 5.74) is -1.06. The molecule has 1 aromatic rings. The quantitative estimate of drug-likeness (QED) is 0.870. The summed E-state index contributed by atoms with van der Waals surface area (Å²) in [5, 5.41) is -0.147. The van der Waals surface area contributed by atoms with E-state index >= 15 is 0 Å². The van der Waals surface area contributed by atoms with Gasteiger partial charge in [0.1, 0.15) is 5.02 Å². The van der Waals surface area contributed by atoms with Crippen molar-refractivity contribution in [3.8, 4) is 0 Å². The van der Waals surface area contributed by atoms with Crippen LogP contribution in [-0.2, 0) is 10.0 Å². The topological polar surface area (TPSA) is 79.0 Å². The molecule has 0 radical (unpaired) electrons. The number of nitrogens with one attached hydrogen (secondary N) is 2. The van der Waals surface area contributed by atoms with Crippen LogP contribution in [0.2, 0.25) is 5.02 Å². The first-order valence-electron chi connectivity index (χ1n) is 5.60. The Bertz CT molecular complexity index is 578. The highest BCUT2D eigenvalue weighted by Gasteiger charge is 2.25. The van der Waals surface area contributed by atoms with Gasteiger partial charge in [-0.2, -0.15) is 0 Å². The molecule has 102 valence electrons. The fraction of sp³-hybridized carbons (Fsp3) is 0.545. The maximum absolute atomic E-state index is 12.1. The molecule has 0 saturated heterocycles. The average molecular weight is 293 g/mol. The van der Waals surface area contributed by atoms with E-state index in [1.807, 2.05) is 6.92 Å². The molecule has 18 heavy (non-hydrogen) atoms. The van der Waals surface area contributed by atoms with E-state index in [2.05, 4.69) is 9.71 Å². The van der Waals surface area contributed by atoms with Crippen LogP contribution in [-0.4, -0.2) is 18.9 Å². The molecular weight excluding hydrogens is 276 g/mol. The zero-order valence-electron chi connectivity index (χ0n) is 10.6. The molecule has 0 unspecified atom stereocenters. The minimum atomic E-state index is -3.68. The Morgan fingerprint density at radius 1 is 1.44 bits per heavy atom. The van der Waals surface area contributed by atoms with Crippen molar-refractivity contribution in [3.05, 3.63) is 27.6 Å². The molecule has 1 heterocycles. The van der Waals surface area contributed by atoms with Gasteiger partial charge in [0.05, 0.1) is 4.90 Å². The molecule has 0 fully saturated rings. The van der Waals surface area contributed by atoms with Crippen LogP contribution in [0.5, 0.6) is 0 Å². The van der Waals surface area contributed by atoms with Crippen LogP contribution >= 0.6 is 11.6 Å². The zero-order valence-corrected chi connectivity index (χ0v) is 12.2. The van der Waals surface area contributed by atoms with Gasteiger partial charge in [-0.3, -0.25) is 4.79 Å². The number of hydrogen-bond donors (Lipinski definition) is 2. The number of aromatic nitrogens is 1. The normalized spacial score (nSPS) is 12.7. The molecule has 0 atom stereocenters. The minimum absolute atomic E-state index is 0.0451. The summed E-state index contributed by atoms with van der Waals surface area (Å²) in [6.45, 7) is 5.59. The molecule has 1 rings (SSSR count). The van der Waals surface area contributed by atoms with Gasteiger partial charge >= 0.3 is 0 Å². The summed E-state index contributed by atoms with van der Waals surface area (Å²) in [6.07, 6.45) is 2.71. The van der Waals surface area contributed by atoms with Crippen molar-refractivity contribution in [1.82, 2.24) is 9.71 Å². The number of pyridine rings is 1. The van der Waals surface area contributed by atoms with Crippen LogP contribution in [0.1, 0.15) is 33.6 Å². The number of aromatic amines is 1. The molecule has 2 N–H and O–H groups in total. The molecule has 0 amide bonds. The van der Waals surface area contributed by atoms with Crippen molar-refractivity contribution in [2.45, 2.75) is 44.0 Å². The van der Waals surface area contributed by atoms with E-state index in [9.17, 15) is 13.2 Å². The molecule has 5 nitrogen and oxygen atoms in total. The minimum Gasteiger partial charge on any atom is -0.326 e. The second-order valence-electron chi connectivity index (χ2n) is 4.75. The Morgan fingerprint density at radius 3 is 2.56 bits per heavy atom. The third kappa shape index (κ3) is 3.83. The van der Waals surface area contributed by atoms with E-state index in [0.717, 1.165) is 18.7 Å². The summed E-state index contributed by atoms with van der Waals surface area (Å²) < 4.78 is 26.8. The number of sulfonamides is 1. The van der Waals surface area contributed by atoms with E-state index < -0.39 is 21.1 Å². The van der Waals surface area contributed by atoms with E-state index in [4.69, 9.17) is 11.6 Å². The molecule has 1 aromatic heterocycles. The Balaban J connectivity index is 3.07. The first-order chi connectivity index (χ1) is 8.18. The number of hydrogen-bond acceptors (Lipinski definition) is 3. The largest absolute Gasteiger partial charge is 0.326 e. The van der Waals surface area contributed by atoms with Gasteiger partial charge in [-0.25, -0.2) is 13.1 Å². The van der Waals surface area contributed by atoms with Crippen LogP contribution in [0.25, 0.3) is 0 Å².